The first-order valence-corrected chi connectivity index (χ1v) is 24.3. The molecular formula is C64H43N7O2. The van der Waals surface area contributed by atoms with E-state index in [9.17, 15) is 0 Å². The van der Waals surface area contributed by atoms with Gasteiger partial charge in [-0.2, -0.15) is 0 Å². The zero-order valence-electron chi connectivity index (χ0n) is 39.8. The van der Waals surface area contributed by atoms with Gasteiger partial charge in [0.05, 0.1) is 33.1 Å². The van der Waals surface area contributed by atoms with Crippen molar-refractivity contribution in [1.82, 2.24) is 33.6 Å². The van der Waals surface area contributed by atoms with E-state index in [2.05, 4.69) is 185 Å². The summed E-state index contributed by atoms with van der Waals surface area (Å²) in [5.74, 6) is 4.99. The third-order valence-corrected chi connectivity index (χ3v) is 14.0. The van der Waals surface area contributed by atoms with E-state index in [1.807, 2.05) is 54.9 Å². The first-order chi connectivity index (χ1) is 36.0. The fourth-order valence-electron chi connectivity index (χ4n) is 10.7. The van der Waals surface area contributed by atoms with Crippen LogP contribution in [0.5, 0.6) is 23.0 Å². The highest BCUT2D eigenvalue weighted by Crippen LogP contribution is 2.41. The zero-order chi connectivity index (χ0) is 48.6. The minimum Gasteiger partial charge on any atom is -0.457 e. The number of rotatable bonds is 9. The molecule has 8 aromatic carbocycles. The monoisotopic (exact) mass is 941 g/mol. The lowest BCUT2D eigenvalue weighted by molar-refractivity contribution is 0.484. The minimum absolute atomic E-state index is 0.538. The van der Waals surface area contributed by atoms with Gasteiger partial charge in [0.1, 0.15) is 34.6 Å². The molecule has 9 nitrogen and oxygen atoms in total. The molecule has 0 aliphatic carbocycles. The van der Waals surface area contributed by atoms with Crippen LogP contribution in [0.4, 0.5) is 0 Å². The molecule has 0 aliphatic heterocycles. The summed E-state index contributed by atoms with van der Waals surface area (Å²) in [7, 11) is 0. The Bertz CT molecular complexity index is 4200. The molecule has 0 bridgehead atoms. The Hall–Kier alpha value is -9.86. The molecule has 346 valence electrons. The Morgan fingerprint density at radius 1 is 0.315 bits per heavy atom. The van der Waals surface area contributed by atoms with Crippen molar-refractivity contribution in [2.45, 2.75) is 13.8 Å². The fraction of sp³-hybridized carbons (Fsp3) is 0.0312. The van der Waals surface area contributed by atoms with Crippen LogP contribution in [-0.4, -0.2) is 33.6 Å². The summed E-state index contributed by atoms with van der Waals surface area (Å²) in [6.45, 7) is 4.29. The molecule has 73 heavy (non-hydrogen) atoms. The highest BCUT2D eigenvalue weighted by atomic mass is 16.5. The number of aromatic nitrogens is 7. The zero-order valence-corrected chi connectivity index (χ0v) is 39.8. The van der Waals surface area contributed by atoms with E-state index in [4.69, 9.17) is 29.4 Å². The largest absolute Gasteiger partial charge is 0.457 e. The minimum atomic E-state index is 0.538. The van der Waals surface area contributed by atoms with E-state index in [-0.39, 0.29) is 0 Å². The molecule has 0 saturated heterocycles. The van der Waals surface area contributed by atoms with Crippen LogP contribution < -0.4 is 9.47 Å². The molecule has 0 aliphatic rings. The topological polar surface area (TPSA) is 84.8 Å². The Labute approximate surface area is 419 Å². The van der Waals surface area contributed by atoms with Crippen LogP contribution >= 0.6 is 0 Å². The average molecular weight is 942 g/mol. The molecule has 0 radical (unpaired) electrons. The van der Waals surface area contributed by atoms with Crippen LogP contribution in [0.3, 0.4) is 0 Å². The highest BCUT2D eigenvalue weighted by Gasteiger charge is 2.20. The molecule has 0 amide bonds. The number of aryl methyl sites for hydroxylation is 2. The second-order valence-electron chi connectivity index (χ2n) is 18.5. The van der Waals surface area contributed by atoms with Crippen molar-refractivity contribution in [3.05, 3.63) is 236 Å². The molecule has 14 rings (SSSR count). The standard InChI is InChI=1S/C64H43N7O2/c1-40-32-62(67-38-54(40)42-14-5-3-6-15-42)69-56-20-11-9-18-48(56)50-26-22-44(34-58(50)69)72-46-24-28-52-53-29-25-47(37-61(53)71(60(52)36-46)64-65-30-13-31-66-64)73-45-23-27-51-49-19-10-12-21-57(49)70(59(51)35-45)63-33-41(2)55(39-68-63)43-16-7-4-8-17-43/h3-39H,1-2H3. The van der Waals surface area contributed by atoms with Gasteiger partial charge < -0.3 is 9.47 Å². The van der Waals surface area contributed by atoms with Crippen molar-refractivity contribution < 1.29 is 9.47 Å². The van der Waals surface area contributed by atoms with Crippen LogP contribution in [0, 0.1) is 13.8 Å². The van der Waals surface area contributed by atoms with Gasteiger partial charge in [0.25, 0.3) is 0 Å². The number of para-hydroxylation sites is 2. The van der Waals surface area contributed by atoms with E-state index >= 15 is 0 Å². The lowest BCUT2D eigenvalue weighted by Gasteiger charge is -2.12. The van der Waals surface area contributed by atoms with Crippen molar-refractivity contribution >= 4 is 65.4 Å². The van der Waals surface area contributed by atoms with Gasteiger partial charge >= 0.3 is 0 Å². The second kappa shape index (κ2) is 16.9. The molecule has 14 aromatic rings. The fourth-order valence-corrected chi connectivity index (χ4v) is 10.7. The Morgan fingerprint density at radius 3 is 1.07 bits per heavy atom. The van der Waals surface area contributed by atoms with Gasteiger partial charge in [-0.25, -0.2) is 19.9 Å². The first-order valence-electron chi connectivity index (χ1n) is 24.3. The first kappa shape index (κ1) is 42.1. The predicted molar refractivity (Wildman–Crippen MR) is 294 cm³/mol. The normalized spacial score (nSPS) is 11.7. The molecule has 6 aromatic heterocycles. The molecule has 6 heterocycles. The third kappa shape index (κ3) is 7.08. The van der Waals surface area contributed by atoms with Gasteiger partial charge in [-0.1, -0.05) is 97.1 Å². The maximum Gasteiger partial charge on any atom is 0.234 e. The van der Waals surface area contributed by atoms with E-state index in [0.717, 1.165) is 110 Å². The lowest BCUT2D eigenvalue weighted by atomic mass is 10.0. The van der Waals surface area contributed by atoms with Crippen molar-refractivity contribution in [2.24, 2.45) is 0 Å². The number of fused-ring (bicyclic) bond motifs is 9. The van der Waals surface area contributed by atoms with Crippen LogP contribution in [0.25, 0.3) is 105 Å². The summed E-state index contributed by atoms with van der Waals surface area (Å²) >= 11 is 0. The molecule has 0 unspecified atom stereocenters. The average Bonchev–Trinajstić information content (AvgIpc) is 4.06. The number of nitrogens with zero attached hydrogens (tertiary/aromatic N) is 7. The smallest absolute Gasteiger partial charge is 0.234 e. The van der Waals surface area contributed by atoms with Gasteiger partial charge in [-0.05, 0) is 115 Å². The molecule has 0 atom stereocenters. The number of benzene rings is 8. The van der Waals surface area contributed by atoms with Crippen molar-refractivity contribution in [3.63, 3.8) is 0 Å². The Kier molecular flexibility index (Phi) is 9.75. The van der Waals surface area contributed by atoms with E-state index < -0.39 is 0 Å². The maximum atomic E-state index is 6.78. The summed E-state index contributed by atoms with van der Waals surface area (Å²) in [6.07, 6.45) is 7.49. The summed E-state index contributed by atoms with van der Waals surface area (Å²) in [6, 6.07) is 68.9. The maximum absolute atomic E-state index is 6.78. The van der Waals surface area contributed by atoms with Gasteiger partial charge in [0.15, 0.2) is 0 Å². The molecule has 0 spiro atoms. The van der Waals surface area contributed by atoms with Gasteiger partial charge in [-0.15, -0.1) is 0 Å². The van der Waals surface area contributed by atoms with Crippen molar-refractivity contribution in [1.29, 1.82) is 0 Å². The number of pyridine rings is 2. The van der Waals surface area contributed by atoms with Gasteiger partial charge in [0, 0.05) is 92.5 Å². The van der Waals surface area contributed by atoms with Crippen LogP contribution in [-0.2, 0) is 0 Å². The summed E-state index contributed by atoms with van der Waals surface area (Å²) in [5, 5.41) is 6.59. The Balaban J connectivity index is 0.834. The quantitative estimate of drug-likeness (QED) is 0.143. The van der Waals surface area contributed by atoms with Crippen molar-refractivity contribution in [2.75, 3.05) is 0 Å². The van der Waals surface area contributed by atoms with Crippen molar-refractivity contribution in [3.8, 4) is 62.8 Å². The van der Waals surface area contributed by atoms with Crippen LogP contribution in [0.1, 0.15) is 11.1 Å². The number of hydrogen-bond donors (Lipinski definition) is 0. The van der Waals surface area contributed by atoms with E-state index in [1.54, 1.807) is 12.4 Å². The molecule has 0 saturated carbocycles. The SMILES string of the molecule is Cc1cc(-n2c3ccccc3c3ccc(Oc4ccc5c6ccc(Oc7ccc8c9ccccc9n(-c9cc(C)c(-c%10ccccc%10)cn9)c8c7)cc6n(-c6ncccn6)c5c4)cc32)ncc1-c1ccccc1. The molecule has 9 heteroatoms. The number of ether oxygens (including phenoxy) is 2. The number of hydrogen-bond acceptors (Lipinski definition) is 6. The van der Waals surface area contributed by atoms with E-state index in [1.165, 1.54) is 0 Å². The van der Waals surface area contributed by atoms with E-state index in [0.29, 0.717) is 28.9 Å². The van der Waals surface area contributed by atoms with Crippen LogP contribution in [0.2, 0.25) is 0 Å². The summed E-state index contributed by atoms with van der Waals surface area (Å²) in [4.78, 5) is 19.6. The lowest BCUT2D eigenvalue weighted by Crippen LogP contribution is -2.00. The summed E-state index contributed by atoms with van der Waals surface area (Å²) < 4.78 is 20.1. The molecule has 0 N–H and O–H groups in total. The molecular weight excluding hydrogens is 899 g/mol. The third-order valence-electron chi connectivity index (χ3n) is 14.0. The van der Waals surface area contributed by atoms with Gasteiger partial charge in [-0.3, -0.25) is 13.7 Å². The highest BCUT2D eigenvalue weighted by molar-refractivity contribution is 6.12. The van der Waals surface area contributed by atoms with Gasteiger partial charge in [0.2, 0.25) is 5.95 Å². The van der Waals surface area contributed by atoms with Crippen LogP contribution in [0.15, 0.2) is 225 Å². The Morgan fingerprint density at radius 2 is 0.671 bits per heavy atom. The predicted octanol–water partition coefficient (Wildman–Crippen LogP) is 16.1. The molecule has 0 fully saturated rings. The second-order valence-corrected chi connectivity index (χ2v) is 18.5. The summed E-state index contributed by atoms with van der Waals surface area (Å²) in [5.41, 5.74) is 12.8.